The Kier molecular flexibility index (Phi) is 11.4. The largest absolute Gasteiger partial charge is 0.388 e. The topological polar surface area (TPSA) is 172 Å². The number of nitrogens with zero attached hydrogens (tertiary/aromatic N) is 2. The molecule has 2 saturated carbocycles. The van der Waals surface area contributed by atoms with E-state index in [0.29, 0.717) is 12.1 Å². The van der Waals surface area contributed by atoms with Crippen molar-refractivity contribution in [3.8, 4) is 0 Å². The van der Waals surface area contributed by atoms with E-state index in [2.05, 4.69) is 31.3 Å². The zero-order chi connectivity index (χ0) is 30.0. The van der Waals surface area contributed by atoms with Gasteiger partial charge in [-0.2, -0.15) is 0 Å². The lowest BCUT2D eigenvalue weighted by molar-refractivity contribution is -0.164. The summed E-state index contributed by atoms with van der Waals surface area (Å²) in [4.78, 5) is 8.21. The van der Waals surface area contributed by atoms with Crippen LogP contribution >= 0.6 is 23.5 Å². The Morgan fingerprint density at radius 2 is 1.02 bits per heavy atom. The third kappa shape index (κ3) is 7.24. The molecule has 0 amide bonds. The number of amidine groups is 2. The van der Waals surface area contributed by atoms with Gasteiger partial charge in [0.2, 0.25) is 0 Å². The van der Waals surface area contributed by atoms with Gasteiger partial charge in [-0.05, 0) is 39.5 Å². The van der Waals surface area contributed by atoms with E-state index in [9.17, 15) is 20.4 Å². The minimum absolute atomic E-state index is 0.0157. The van der Waals surface area contributed by atoms with Crippen LogP contribution in [-0.2, 0) is 9.47 Å². The van der Waals surface area contributed by atoms with Crippen molar-refractivity contribution in [2.75, 3.05) is 14.1 Å². The second kappa shape index (κ2) is 14.6. The van der Waals surface area contributed by atoms with Gasteiger partial charge in [-0.3, -0.25) is 9.98 Å². The fourth-order valence-electron chi connectivity index (χ4n) is 7.04. The highest BCUT2D eigenvalue weighted by Crippen LogP contribution is 2.36. The monoisotopic (exact) mass is 630 g/mol. The van der Waals surface area contributed by atoms with E-state index in [1.165, 1.54) is 74.9 Å². The molecular weight excluding hydrogens is 580 g/mol. The second-order valence-electron chi connectivity index (χ2n) is 12.4. The third-order valence-corrected chi connectivity index (χ3v) is 11.7. The normalized spacial score (nSPS) is 43.8. The van der Waals surface area contributed by atoms with Crippen LogP contribution in [0.3, 0.4) is 0 Å². The van der Waals surface area contributed by atoms with Gasteiger partial charge in [-0.1, -0.05) is 49.2 Å². The quantitative estimate of drug-likeness (QED) is 0.199. The first-order valence-corrected chi connectivity index (χ1v) is 17.3. The Morgan fingerprint density at radius 3 is 1.36 bits per heavy atom. The predicted molar refractivity (Wildman–Crippen MR) is 167 cm³/mol. The van der Waals surface area contributed by atoms with Crippen LogP contribution in [0.15, 0.2) is 9.98 Å². The van der Waals surface area contributed by atoms with Crippen molar-refractivity contribution in [1.82, 2.24) is 21.3 Å². The minimum Gasteiger partial charge on any atom is -0.388 e. The molecule has 12 nitrogen and oxygen atoms in total. The smallest absolute Gasteiger partial charge is 0.159 e. The van der Waals surface area contributed by atoms with Gasteiger partial charge in [0.1, 0.15) is 47.5 Å². The molecule has 0 spiro atoms. The maximum Gasteiger partial charge on any atom is 0.159 e. The predicted octanol–water partition coefficient (Wildman–Crippen LogP) is 0.0892. The van der Waals surface area contributed by atoms with Crippen molar-refractivity contribution in [3.63, 3.8) is 0 Å². The molecule has 12 atom stereocenters. The summed E-state index contributed by atoms with van der Waals surface area (Å²) in [6, 6.07) is 0.460. The average molecular weight is 631 g/mol. The molecule has 0 aromatic rings. The van der Waals surface area contributed by atoms with E-state index < -0.39 is 36.6 Å². The fraction of sp³-hybridized carbons (Fsp3) is 0.929. The maximum absolute atomic E-state index is 10.4. The molecule has 4 aliphatic heterocycles. The number of hydrogen-bond donors (Lipinski definition) is 8. The molecule has 6 rings (SSSR count). The van der Waals surface area contributed by atoms with Crippen LogP contribution in [0.2, 0.25) is 0 Å². The van der Waals surface area contributed by atoms with E-state index >= 15 is 0 Å². The van der Waals surface area contributed by atoms with Crippen LogP contribution in [0, 0.1) is 0 Å². The Hall–Kier alpha value is -0.680. The Balaban J connectivity index is 0.000000168. The summed E-state index contributed by atoms with van der Waals surface area (Å²) in [6.45, 7) is 4.06. The maximum atomic E-state index is 10.4. The fourth-order valence-corrected chi connectivity index (χ4v) is 9.22. The van der Waals surface area contributed by atoms with Gasteiger partial charge in [0, 0.05) is 38.3 Å². The van der Waals surface area contributed by atoms with Crippen LogP contribution in [-0.4, -0.2) is 129 Å². The summed E-state index contributed by atoms with van der Waals surface area (Å²) in [5.74, 6) is 0. The Bertz CT molecular complexity index is 880. The van der Waals surface area contributed by atoms with Crippen LogP contribution in [0.4, 0.5) is 0 Å². The number of thioether (sulfide) groups is 2. The molecule has 0 radical (unpaired) electrons. The lowest BCUT2D eigenvalue weighted by Crippen LogP contribution is -2.63. The molecule has 8 N–H and O–H groups in total. The van der Waals surface area contributed by atoms with Crippen molar-refractivity contribution in [2.45, 2.75) is 149 Å². The summed E-state index contributed by atoms with van der Waals surface area (Å²) in [6.07, 6.45) is 5.55. The van der Waals surface area contributed by atoms with E-state index in [-0.39, 0.29) is 35.0 Å². The van der Waals surface area contributed by atoms with Crippen molar-refractivity contribution < 1.29 is 29.9 Å². The van der Waals surface area contributed by atoms with Gasteiger partial charge >= 0.3 is 0 Å². The third-order valence-electron chi connectivity index (χ3n) is 9.41. The molecule has 0 aromatic carbocycles. The van der Waals surface area contributed by atoms with Crippen molar-refractivity contribution in [2.24, 2.45) is 9.98 Å². The molecule has 42 heavy (non-hydrogen) atoms. The molecule has 0 bridgehead atoms. The zero-order valence-electron chi connectivity index (χ0n) is 25.1. The molecule has 240 valence electrons. The number of rotatable bonds is 6. The highest BCUT2D eigenvalue weighted by atomic mass is 32.2. The van der Waals surface area contributed by atoms with Crippen LogP contribution in [0.1, 0.15) is 65.2 Å². The first-order chi connectivity index (χ1) is 20.2. The Labute approximate surface area is 257 Å². The van der Waals surface area contributed by atoms with E-state index in [0.717, 1.165) is 10.3 Å². The molecule has 14 heteroatoms. The molecule has 4 saturated heterocycles. The van der Waals surface area contributed by atoms with Gasteiger partial charge in [-0.15, -0.1) is 0 Å². The number of aliphatic imine (C=N–C) groups is 2. The SMILES string of the molecule is CN=C1N[C@@H]2[C@@H](O)[C@H](O)[C@@H]([C@@H](C)NC3CCCC3)O[C@@H]2S1.CN=C1N[C@@H]2[C@@H](O)[C@H](O)[C@@H]([C@H](C)NC3CCCC3)O[C@@H]2S1. The minimum atomic E-state index is -0.889. The molecule has 4 heterocycles. The summed E-state index contributed by atoms with van der Waals surface area (Å²) in [7, 11) is 3.41. The molecule has 2 aliphatic carbocycles. The molecule has 0 aromatic heterocycles. The summed E-state index contributed by atoms with van der Waals surface area (Å²) in [5.41, 5.74) is -0.389. The lowest BCUT2D eigenvalue weighted by atomic mass is 9.93. The number of aliphatic hydroxyl groups excluding tert-OH is 4. The van der Waals surface area contributed by atoms with Crippen LogP contribution in [0.5, 0.6) is 0 Å². The van der Waals surface area contributed by atoms with Crippen molar-refractivity contribution in [3.05, 3.63) is 0 Å². The van der Waals surface area contributed by atoms with Crippen LogP contribution < -0.4 is 21.3 Å². The first kappa shape index (κ1) is 32.7. The number of nitrogens with one attached hydrogen (secondary N) is 4. The number of aliphatic hydroxyl groups is 4. The lowest BCUT2D eigenvalue weighted by Gasteiger charge is -2.42. The number of ether oxygens (including phenoxy) is 2. The standard InChI is InChI=1S/2C14H25N3O3S/c2*1-7(16-8-5-3-4-6-8)12-11(19)10(18)9-13(20-12)21-14(15-2)17-9/h2*7-13,16,18-19H,3-6H2,1-2H3,(H,15,17)/t7-,9+,10+,11-,12+,13+;7-,9-,10-,11+,12-,13-/m01/s1. The molecule has 6 fully saturated rings. The van der Waals surface area contributed by atoms with Gasteiger partial charge in [0.05, 0.1) is 12.1 Å². The zero-order valence-corrected chi connectivity index (χ0v) is 26.7. The number of fused-ring (bicyclic) bond motifs is 2. The van der Waals surface area contributed by atoms with Gasteiger partial charge < -0.3 is 51.2 Å². The van der Waals surface area contributed by atoms with E-state index in [4.69, 9.17) is 9.47 Å². The van der Waals surface area contributed by atoms with Gasteiger partial charge in [-0.25, -0.2) is 0 Å². The van der Waals surface area contributed by atoms with Crippen LogP contribution in [0.25, 0.3) is 0 Å². The summed E-state index contributed by atoms with van der Waals surface area (Å²) >= 11 is 2.96. The number of hydrogen-bond acceptors (Lipinski definition) is 12. The molecule has 6 aliphatic rings. The van der Waals surface area contributed by atoms with Gasteiger partial charge in [0.15, 0.2) is 10.3 Å². The van der Waals surface area contributed by atoms with E-state index in [1.807, 2.05) is 13.8 Å². The summed E-state index contributed by atoms with van der Waals surface area (Å²) < 4.78 is 12.1. The van der Waals surface area contributed by atoms with Crippen molar-refractivity contribution in [1.29, 1.82) is 0 Å². The van der Waals surface area contributed by atoms with Crippen molar-refractivity contribution >= 4 is 33.9 Å². The Morgan fingerprint density at radius 1 is 0.667 bits per heavy atom. The second-order valence-corrected chi connectivity index (χ2v) is 14.6. The average Bonchev–Trinajstić information content (AvgIpc) is 3.80. The highest BCUT2D eigenvalue weighted by Gasteiger charge is 2.51. The highest BCUT2D eigenvalue weighted by molar-refractivity contribution is 8.14. The molecule has 0 unspecified atom stereocenters. The summed E-state index contributed by atoms with van der Waals surface area (Å²) in [5, 5.41) is 56.3. The van der Waals surface area contributed by atoms with E-state index in [1.54, 1.807) is 14.1 Å². The molecular formula is C28H50N6O6S2. The van der Waals surface area contributed by atoms with Gasteiger partial charge in [0.25, 0.3) is 0 Å². The first-order valence-electron chi connectivity index (χ1n) is 15.5.